The van der Waals surface area contributed by atoms with E-state index in [0.717, 1.165) is 29.5 Å². The zero-order chi connectivity index (χ0) is 16.9. The van der Waals surface area contributed by atoms with E-state index in [1.165, 1.54) is 12.1 Å². The van der Waals surface area contributed by atoms with Crippen molar-refractivity contribution in [1.82, 2.24) is 4.72 Å². The number of anilines is 1. The normalized spacial score (nSPS) is 12.8. The molecule has 124 valence electrons. The summed E-state index contributed by atoms with van der Waals surface area (Å²) in [4.78, 5) is 0. The topological polar surface area (TPSA) is 58.2 Å². The third-order valence-electron chi connectivity index (χ3n) is 3.36. The minimum Gasteiger partial charge on any atom is -0.382 e. The van der Waals surface area contributed by atoms with E-state index < -0.39 is 10.0 Å². The van der Waals surface area contributed by atoms with Gasteiger partial charge in [-0.2, -0.15) is 0 Å². The highest BCUT2D eigenvalue weighted by Gasteiger charge is 2.05. The van der Waals surface area contributed by atoms with Crippen LogP contribution in [0.3, 0.4) is 0 Å². The highest BCUT2D eigenvalue weighted by molar-refractivity contribution is 7.88. The van der Waals surface area contributed by atoms with Crippen LogP contribution in [0, 0.1) is 5.82 Å². The number of nitrogens with one attached hydrogen (secondary N) is 2. The molecule has 0 saturated heterocycles. The van der Waals surface area contributed by atoms with E-state index in [1.807, 2.05) is 24.3 Å². The predicted molar refractivity (Wildman–Crippen MR) is 91.3 cm³/mol. The van der Waals surface area contributed by atoms with Crippen LogP contribution in [-0.2, 0) is 23.0 Å². The highest BCUT2D eigenvalue weighted by Crippen LogP contribution is 2.13. The molecule has 0 aliphatic rings. The first-order chi connectivity index (χ1) is 10.8. The third kappa shape index (κ3) is 6.38. The molecule has 6 heteroatoms. The molecule has 0 amide bonds. The lowest BCUT2D eigenvalue weighted by atomic mass is 10.1. The van der Waals surface area contributed by atoms with Crippen LogP contribution >= 0.6 is 0 Å². The minimum absolute atomic E-state index is 0.195. The molecule has 0 aromatic heterocycles. The summed E-state index contributed by atoms with van der Waals surface area (Å²) in [5.74, 6) is -0.229. The van der Waals surface area contributed by atoms with E-state index in [2.05, 4.69) is 17.0 Å². The molecular formula is C17H21FN2O2S. The molecule has 0 heterocycles. The molecular weight excluding hydrogens is 315 g/mol. The molecule has 1 unspecified atom stereocenters. The number of halogens is 1. The van der Waals surface area contributed by atoms with Crippen molar-refractivity contribution in [3.63, 3.8) is 0 Å². The van der Waals surface area contributed by atoms with E-state index in [0.29, 0.717) is 0 Å². The first kappa shape index (κ1) is 17.4. The van der Waals surface area contributed by atoms with E-state index in [-0.39, 0.29) is 18.4 Å². The summed E-state index contributed by atoms with van der Waals surface area (Å²) in [7, 11) is -3.18. The molecule has 0 saturated carbocycles. The van der Waals surface area contributed by atoms with Crippen molar-refractivity contribution in [1.29, 1.82) is 0 Å². The Bertz CT molecular complexity index is 728. The Balaban J connectivity index is 1.88. The van der Waals surface area contributed by atoms with Crippen molar-refractivity contribution in [2.75, 3.05) is 11.6 Å². The molecule has 2 N–H and O–H groups in total. The van der Waals surface area contributed by atoms with Crippen LogP contribution in [0.25, 0.3) is 0 Å². The molecule has 0 radical (unpaired) electrons. The van der Waals surface area contributed by atoms with E-state index in [9.17, 15) is 12.8 Å². The highest BCUT2D eigenvalue weighted by atomic mass is 32.2. The molecule has 1 atom stereocenters. The van der Waals surface area contributed by atoms with Gasteiger partial charge in [-0.3, -0.25) is 0 Å². The summed E-state index contributed by atoms with van der Waals surface area (Å²) in [6.45, 7) is 2.34. The van der Waals surface area contributed by atoms with Crippen LogP contribution in [0.1, 0.15) is 18.1 Å². The van der Waals surface area contributed by atoms with Crippen LogP contribution in [0.15, 0.2) is 48.5 Å². The van der Waals surface area contributed by atoms with Crippen molar-refractivity contribution in [3.05, 3.63) is 65.5 Å². The first-order valence-electron chi connectivity index (χ1n) is 7.36. The quantitative estimate of drug-likeness (QED) is 0.817. The largest absolute Gasteiger partial charge is 0.382 e. The van der Waals surface area contributed by atoms with Gasteiger partial charge in [-0.15, -0.1) is 0 Å². The molecule has 0 spiro atoms. The standard InChI is InChI=1S/C17H21FN2O2S/c1-13(11-14-3-7-16(18)8-4-14)20-17-9-5-15(6-10-17)12-19-23(2,21)22/h3-10,13,19-20H,11-12H2,1-2H3. The van der Waals surface area contributed by atoms with E-state index in [4.69, 9.17) is 0 Å². The van der Waals surface area contributed by atoms with Gasteiger partial charge in [-0.25, -0.2) is 17.5 Å². The van der Waals surface area contributed by atoms with E-state index in [1.54, 1.807) is 12.1 Å². The number of hydrogen-bond donors (Lipinski definition) is 2. The zero-order valence-corrected chi connectivity index (χ0v) is 14.0. The zero-order valence-electron chi connectivity index (χ0n) is 13.2. The molecule has 2 rings (SSSR count). The first-order valence-corrected chi connectivity index (χ1v) is 9.25. The molecule has 0 aliphatic heterocycles. The molecule has 23 heavy (non-hydrogen) atoms. The van der Waals surface area contributed by atoms with Gasteiger partial charge in [0.15, 0.2) is 0 Å². The fraction of sp³-hybridized carbons (Fsp3) is 0.294. The summed E-state index contributed by atoms with van der Waals surface area (Å²) in [5, 5.41) is 3.37. The van der Waals surface area contributed by atoms with Crippen molar-refractivity contribution in [2.24, 2.45) is 0 Å². The van der Waals surface area contributed by atoms with Crippen molar-refractivity contribution < 1.29 is 12.8 Å². The molecule has 2 aromatic carbocycles. The van der Waals surface area contributed by atoms with Crippen LogP contribution in [-0.4, -0.2) is 20.7 Å². The Morgan fingerprint density at radius 2 is 1.57 bits per heavy atom. The molecule has 0 aliphatic carbocycles. The Morgan fingerprint density at radius 1 is 1.00 bits per heavy atom. The summed E-state index contributed by atoms with van der Waals surface area (Å²) in [6, 6.07) is 14.3. The summed E-state index contributed by atoms with van der Waals surface area (Å²) in [6.07, 6.45) is 1.93. The second kappa shape index (κ2) is 7.57. The Labute approximate surface area is 136 Å². The maximum Gasteiger partial charge on any atom is 0.209 e. The SMILES string of the molecule is CC(Cc1ccc(F)cc1)Nc1ccc(CNS(C)(=O)=O)cc1. The maximum atomic E-state index is 12.9. The molecule has 0 fully saturated rings. The van der Waals surface area contributed by atoms with Gasteiger partial charge < -0.3 is 5.32 Å². The van der Waals surface area contributed by atoms with Crippen LogP contribution < -0.4 is 10.0 Å². The lowest BCUT2D eigenvalue weighted by Gasteiger charge is -2.16. The third-order valence-corrected chi connectivity index (χ3v) is 4.03. The second-order valence-electron chi connectivity index (χ2n) is 5.67. The monoisotopic (exact) mass is 336 g/mol. The Morgan fingerprint density at radius 3 is 2.13 bits per heavy atom. The number of rotatable bonds is 7. The Hall–Kier alpha value is -1.92. The van der Waals surface area contributed by atoms with Gasteiger partial charge in [0.05, 0.1) is 6.26 Å². The number of benzene rings is 2. The maximum absolute atomic E-state index is 12.9. The summed E-state index contributed by atoms with van der Waals surface area (Å²) >= 11 is 0. The van der Waals surface area contributed by atoms with Crippen molar-refractivity contribution in [2.45, 2.75) is 25.9 Å². The van der Waals surface area contributed by atoms with Crippen LogP contribution in [0.4, 0.5) is 10.1 Å². The summed E-state index contributed by atoms with van der Waals surface area (Å²) < 4.78 is 37.5. The average Bonchev–Trinajstić information content (AvgIpc) is 2.48. The predicted octanol–water partition coefficient (Wildman–Crippen LogP) is 2.92. The molecule has 2 aromatic rings. The van der Waals surface area contributed by atoms with Crippen molar-refractivity contribution in [3.8, 4) is 0 Å². The van der Waals surface area contributed by atoms with Gasteiger partial charge >= 0.3 is 0 Å². The number of sulfonamides is 1. The Kier molecular flexibility index (Phi) is 5.74. The second-order valence-corrected chi connectivity index (χ2v) is 7.50. The average molecular weight is 336 g/mol. The fourth-order valence-electron chi connectivity index (χ4n) is 2.24. The van der Waals surface area contributed by atoms with Gasteiger partial charge in [0, 0.05) is 18.3 Å². The lowest BCUT2D eigenvalue weighted by molar-refractivity contribution is 0.587. The van der Waals surface area contributed by atoms with Crippen molar-refractivity contribution >= 4 is 15.7 Å². The molecule has 4 nitrogen and oxygen atoms in total. The molecule has 0 bridgehead atoms. The van der Waals surface area contributed by atoms with Gasteiger partial charge in [0.25, 0.3) is 0 Å². The number of hydrogen-bond acceptors (Lipinski definition) is 3. The van der Waals surface area contributed by atoms with Gasteiger partial charge in [0.1, 0.15) is 5.82 Å². The van der Waals surface area contributed by atoms with Crippen LogP contribution in [0.5, 0.6) is 0 Å². The summed E-state index contributed by atoms with van der Waals surface area (Å²) in [5.41, 5.74) is 2.93. The minimum atomic E-state index is -3.18. The van der Waals surface area contributed by atoms with Crippen LogP contribution in [0.2, 0.25) is 0 Å². The fourth-order valence-corrected chi connectivity index (χ4v) is 2.67. The van der Waals surface area contributed by atoms with Gasteiger partial charge in [-0.1, -0.05) is 24.3 Å². The lowest BCUT2D eigenvalue weighted by Crippen LogP contribution is -2.21. The van der Waals surface area contributed by atoms with Gasteiger partial charge in [-0.05, 0) is 48.7 Å². The van der Waals surface area contributed by atoms with Gasteiger partial charge in [0.2, 0.25) is 10.0 Å². The van der Waals surface area contributed by atoms with E-state index >= 15 is 0 Å². The smallest absolute Gasteiger partial charge is 0.209 e.